The maximum absolute atomic E-state index is 13.1. The smallest absolute Gasteiger partial charge is 0.256 e. The number of benzene rings is 2. The third kappa shape index (κ3) is 4.67. The first kappa shape index (κ1) is 18.7. The molecule has 0 bridgehead atoms. The van der Waals surface area contributed by atoms with Gasteiger partial charge in [-0.2, -0.15) is 0 Å². The van der Waals surface area contributed by atoms with Crippen LogP contribution in [0.5, 0.6) is 0 Å². The number of rotatable bonds is 5. The molecule has 2 rings (SSSR count). The van der Waals surface area contributed by atoms with Crippen LogP contribution >= 0.6 is 34.2 Å². The van der Waals surface area contributed by atoms with Crippen LogP contribution in [0.25, 0.3) is 0 Å². The molecule has 0 heterocycles. The van der Waals surface area contributed by atoms with E-state index in [1.807, 2.05) is 29.5 Å². The molecule has 0 unspecified atom stereocenters. The minimum atomic E-state index is -0.401. The average Bonchev–Trinajstić information content (AvgIpc) is 2.52. The molecule has 2 aromatic carbocycles. The van der Waals surface area contributed by atoms with Crippen molar-refractivity contribution in [2.24, 2.45) is 0 Å². The number of hydrogen-bond donors (Lipinski definition) is 2. The minimum absolute atomic E-state index is 0.246. The minimum Gasteiger partial charge on any atom is -0.352 e. The predicted octanol–water partition coefficient (Wildman–Crippen LogP) is 4.48. The molecule has 126 valence electrons. The quantitative estimate of drug-likeness (QED) is 0.647. The van der Waals surface area contributed by atoms with Gasteiger partial charge in [-0.1, -0.05) is 18.5 Å². The lowest BCUT2D eigenvalue weighted by Gasteiger charge is -2.10. The Morgan fingerprint density at radius 1 is 1.12 bits per heavy atom. The van der Waals surface area contributed by atoms with Gasteiger partial charge in [0.2, 0.25) is 0 Å². The van der Waals surface area contributed by atoms with E-state index in [-0.39, 0.29) is 16.8 Å². The van der Waals surface area contributed by atoms with Crippen molar-refractivity contribution in [3.8, 4) is 0 Å². The number of halogens is 3. The largest absolute Gasteiger partial charge is 0.352 e. The molecule has 2 aromatic rings. The summed E-state index contributed by atoms with van der Waals surface area (Å²) in [5.74, 6) is -1.03. The van der Waals surface area contributed by atoms with Gasteiger partial charge in [0.15, 0.2) is 0 Å². The summed E-state index contributed by atoms with van der Waals surface area (Å²) in [6.45, 7) is 2.52. The molecule has 0 atom stereocenters. The van der Waals surface area contributed by atoms with Crippen molar-refractivity contribution >= 4 is 51.7 Å². The number of hydrogen-bond acceptors (Lipinski definition) is 2. The van der Waals surface area contributed by atoms with E-state index in [0.29, 0.717) is 26.9 Å². The molecular formula is C17H15ClFIN2O2. The molecule has 0 saturated heterocycles. The molecule has 0 spiro atoms. The van der Waals surface area contributed by atoms with Crippen molar-refractivity contribution in [3.05, 3.63) is 61.9 Å². The second-order valence-corrected chi connectivity index (χ2v) is 6.60. The lowest BCUT2D eigenvalue weighted by Crippen LogP contribution is -2.24. The predicted molar refractivity (Wildman–Crippen MR) is 101 cm³/mol. The van der Waals surface area contributed by atoms with E-state index in [4.69, 9.17) is 11.6 Å². The Hall–Kier alpha value is -1.67. The summed E-state index contributed by atoms with van der Waals surface area (Å²) in [6, 6.07) is 8.59. The Balaban J connectivity index is 2.14. The second-order valence-electron chi connectivity index (χ2n) is 5.03. The SMILES string of the molecule is CCCNC(=O)c1ccc(NC(=O)c2ccc(F)cc2I)cc1Cl. The van der Waals surface area contributed by atoms with Crippen LogP contribution in [-0.4, -0.2) is 18.4 Å². The highest BCUT2D eigenvalue weighted by atomic mass is 127. The maximum atomic E-state index is 13.1. The van der Waals surface area contributed by atoms with Crippen molar-refractivity contribution in [3.63, 3.8) is 0 Å². The number of nitrogens with one attached hydrogen (secondary N) is 2. The summed E-state index contributed by atoms with van der Waals surface area (Å²) in [5.41, 5.74) is 1.16. The van der Waals surface area contributed by atoms with Crippen LogP contribution in [0, 0.1) is 9.39 Å². The number of amides is 2. The Kier molecular flexibility index (Phi) is 6.56. The molecule has 0 radical (unpaired) electrons. The Bertz CT molecular complexity index is 783. The summed E-state index contributed by atoms with van der Waals surface area (Å²) in [7, 11) is 0. The van der Waals surface area contributed by atoms with Crippen LogP contribution in [0.1, 0.15) is 34.1 Å². The number of carbonyl (C=O) groups excluding carboxylic acids is 2. The topological polar surface area (TPSA) is 58.2 Å². The van der Waals surface area contributed by atoms with E-state index in [9.17, 15) is 14.0 Å². The van der Waals surface area contributed by atoms with Crippen LogP contribution in [0.15, 0.2) is 36.4 Å². The molecule has 2 N–H and O–H groups in total. The summed E-state index contributed by atoms with van der Waals surface area (Å²) in [5, 5.41) is 5.67. The van der Waals surface area contributed by atoms with E-state index < -0.39 is 5.82 Å². The number of carbonyl (C=O) groups is 2. The van der Waals surface area contributed by atoms with Crippen LogP contribution in [0.2, 0.25) is 5.02 Å². The molecule has 2 amide bonds. The summed E-state index contributed by atoms with van der Waals surface area (Å²) in [4.78, 5) is 24.2. The fraction of sp³-hybridized carbons (Fsp3) is 0.176. The molecule has 0 aliphatic heterocycles. The molecule has 24 heavy (non-hydrogen) atoms. The van der Waals surface area contributed by atoms with Gasteiger partial charge in [-0.05, 0) is 65.4 Å². The monoisotopic (exact) mass is 460 g/mol. The van der Waals surface area contributed by atoms with E-state index in [0.717, 1.165) is 6.42 Å². The summed E-state index contributed by atoms with van der Waals surface area (Å²) in [6.07, 6.45) is 0.827. The molecule has 0 fully saturated rings. The second kappa shape index (κ2) is 8.43. The Labute approximate surface area is 157 Å². The van der Waals surface area contributed by atoms with Crippen molar-refractivity contribution in [1.29, 1.82) is 0 Å². The standard InChI is InChI=1S/C17H15ClFIN2O2/c1-2-7-21-16(23)12-6-4-11(9-14(12)18)22-17(24)13-5-3-10(19)8-15(13)20/h3-6,8-9H,2,7H2,1H3,(H,21,23)(H,22,24). The molecule has 0 aromatic heterocycles. The van der Waals surface area contributed by atoms with Gasteiger partial charge < -0.3 is 10.6 Å². The Morgan fingerprint density at radius 2 is 1.83 bits per heavy atom. The van der Waals surface area contributed by atoms with Crippen LogP contribution < -0.4 is 10.6 Å². The van der Waals surface area contributed by atoms with Gasteiger partial charge in [-0.15, -0.1) is 0 Å². The lowest BCUT2D eigenvalue weighted by molar-refractivity contribution is 0.0953. The van der Waals surface area contributed by atoms with Gasteiger partial charge in [0.1, 0.15) is 5.82 Å². The molecule has 0 aliphatic rings. The van der Waals surface area contributed by atoms with Gasteiger partial charge in [-0.25, -0.2) is 4.39 Å². The van der Waals surface area contributed by atoms with Crippen LogP contribution in [0.3, 0.4) is 0 Å². The first-order valence-electron chi connectivity index (χ1n) is 7.26. The zero-order valence-corrected chi connectivity index (χ0v) is 15.7. The number of anilines is 1. The molecule has 0 saturated carbocycles. The van der Waals surface area contributed by atoms with E-state index in [2.05, 4.69) is 10.6 Å². The molecule has 4 nitrogen and oxygen atoms in total. The molecular weight excluding hydrogens is 446 g/mol. The zero-order valence-electron chi connectivity index (χ0n) is 12.8. The van der Waals surface area contributed by atoms with E-state index in [1.54, 1.807) is 12.1 Å². The van der Waals surface area contributed by atoms with Crippen molar-refractivity contribution in [2.45, 2.75) is 13.3 Å². The molecule has 0 aliphatic carbocycles. The van der Waals surface area contributed by atoms with Gasteiger partial charge in [0.05, 0.1) is 16.1 Å². The highest BCUT2D eigenvalue weighted by molar-refractivity contribution is 14.1. The van der Waals surface area contributed by atoms with Gasteiger partial charge in [-0.3, -0.25) is 9.59 Å². The van der Waals surface area contributed by atoms with Crippen LogP contribution in [0.4, 0.5) is 10.1 Å². The maximum Gasteiger partial charge on any atom is 0.256 e. The van der Waals surface area contributed by atoms with E-state index in [1.165, 1.54) is 24.3 Å². The van der Waals surface area contributed by atoms with Crippen molar-refractivity contribution in [1.82, 2.24) is 5.32 Å². The summed E-state index contributed by atoms with van der Waals surface area (Å²) >= 11 is 8.02. The normalized spacial score (nSPS) is 10.3. The average molecular weight is 461 g/mol. The van der Waals surface area contributed by atoms with Gasteiger partial charge in [0, 0.05) is 15.8 Å². The van der Waals surface area contributed by atoms with Crippen molar-refractivity contribution < 1.29 is 14.0 Å². The van der Waals surface area contributed by atoms with E-state index >= 15 is 0 Å². The fourth-order valence-electron chi connectivity index (χ4n) is 1.98. The van der Waals surface area contributed by atoms with Crippen molar-refractivity contribution in [2.75, 3.05) is 11.9 Å². The van der Waals surface area contributed by atoms with Gasteiger partial charge in [0.25, 0.3) is 11.8 Å². The fourth-order valence-corrected chi connectivity index (χ4v) is 2.97. The van der Waals surface area contributed by atoms with Gasteiger partial charge >= 0.3 is 0 Å². The Morgan fingerprint density at radius 3 is 2.46 bits per heavy atom. The third-order valence-corrected chi connectivity index (χ3v) is 4.39. The summed E-state index contributed by atoms with van der Waals surface area (Å²) < 4.78 is 13.6. The van der Waals surface area contributed by atoms with Crippen LogP contribution in [-0.2, 0) is 0 Å². The lowest BCUT2D eigenvalue weighted by atomic mass is 10.1. The highest BCUT2D eigenvalue weighted by Crippen LogP contribution is 2.22. The zero-order chi connectivity index (χ0) is 17.7. The third-order valence-electron chi connectivity index (χ3n) is 3.18. The first-order chi connectivity index (χ1) is 11.4. The first-order valence-corrected chi connectivity index (χ1v) is 8.72. The molecule has 7 heteroatoms. The highest BCUT2D eigenvalue weighted by Gasteiger charge is 2.14.